The van der Waals surface area contributed by atoms with Crippen molar-refractivity contribution in [3.05, 3.63) is 41.1 Å². The highest BCUT2D eigenvalue weighted by Crippen LogP contribution is 2.40. The second-order valence-corrected chi connectivity index (χ2v) is 6.39. The highest BCUT2D eigenvalue weighted by molar-refractivity contribution is 8.14. The van der Waals surface area contributed by atoms with Gasteiger partial charge in [0.25, 0.3) is 0 Å². The van der Waals surface area contributed by atoms with Crippen LogP contribution in [0.2, 0.25) is 0 Å². The van der Waals surface area contributed by atoms with Crippen molar-refractivity contribution < 1.29 is 31.2 Å². The molecule has 1 aromatic carbocycles. The van der Waals surface area contributed by atoms with E-state index in [1.807, 2.05) is 38.1 Å². The number of carbonyl (C=O) groups is 1. The molecule has 0 radical (unpaired) electrons. The van der Waals surface area contributed by atoms with Crippen LogP contribution in [0.1, 0.15) is 25.5 Å². The number of benzene rings is 1. The molecule has 0 saturated carbocycles. The van der Waals surface area contributed by atoms with E-state index < -0.39 is 0 Å². The number of ether oxygens (including phenoxy) is 2. The second-order valence-electron chi connectivity index (χ2n) is 5.33. The summed E-state index contributed by atoms with van der Waals surface area (Å²) in [7, 11) is 1.64. The number of hydrogen-bond donors (Lipinski definition) is 0. The van der Waals surface area contributed by atoms with Crippen LogP contribution in [0, 0.1) is 0 Å². The van der Waals surface area contributed by atoms with Crippen LogP contribution in [0.5, 0.6) is 5.75 Å². The summed E-state index contributed by atoms with van der Waals surface area (Å²) in [6.07, 6.45) is 0. The third kappa shape index (κ3) is 3.47. The molecule has 1 aromatic rings. The summed E-state index contributed by atoms with van der Waals surface area (Å²) in [5.74, 6) is 1.49. The van der Waals surface area contributed by atoms with Gasteiger partial charge in [-0.15, -0.1) is 0 Å². The first-order valence-corrected chi connectivity index (χ1v) is 8.64. The Hall–Kier alpha value is -1.47. The first-order chi connectivity index (χ1) is 11.2. The Bertz CT molecular complexity index is 673. The molecule has 0 N–H and O–H groups in total. The number of rotatable bonds is 4. The van der Waals surface area contributed by atoms with Crippen LogP contribution < -0.4 is 21.7 Å². The Morgan fingerprint density at radius 1 is 1.38 bits per heavy atom. The van der Waals surface area contributed by atoms with Crippen LogP contribution in [0.25, 0.3) is 0 Å². The molecule has 0 bridgehead atoms. The van der Waals surface area contributed by atoms with Gasteiger partial charge in [0.15, 0.2) is 5.17 Å². The van der Waals surface area contributed by atoms with Gasteiger partial charge in [-0.1, -0.05) is 23.9 Å². The largest absolute Gasteiger partial charge is 1.00 e. The first-order valence-electron chi connectivity index (χ1n) is 7.65. The van der Waals surface area contributed by atoms with Gasteiger partial charge in [0, 0.05) is 12.3 Å². The van der Waals surface area contributed by atoms with Gasteiger partial charge in [0.05, 0.1) is 31.0 Å². The Morgan fingerprint density at radius 3 is 2.71 bits per heavy atom. The lowest BCUT2D eigenvalue weighted by Crippen LogP contribution is -3.00. The van der Waals surface area contributed by atoms with E-state index in [0.29, 0.717) is 12.2 Å². The van der Waals surface area contributed by atoms with E-state index in [0.717, 1.165) is 34.5 Å². The molecule has 1 atom stereocenters. The summed E-state index contributed by atoms with van der Waals surface area (Å²) < 4.78 is 10.5. The summed E-state index contributed by atoms with van der Waals surface area (Å²) in [5, 5.41) is 0.983. The summed E-state index contributed by atoms with van der Waals surface area (Å²) in [6, 6.07) is 7.69. The van der Waals surface area contributed by atoms with E-state index in [1.54, 1.807) is 18.9 Å². The number of carbonyl (C=O) groups excluding carboxylic acids is 1. The molecule has 0 spiro atoms. The van der Waals surface area contributed by atoms with Crippen molar-refractivity contribution in [3.8, 4) is 5.75 Å². The standard InChI is InChI=1S/C17H20N2O3S.BrH/c1-4-22-16(20)14-11(2)18-17-19(9-10-23-17)15(14)12-5-7-13(21-3)8-6-12;/h5-8,15H,4,9-10H2,1-3H3;1H/p-1. The third-order valence-corrected chi connectivity index (χ3v) is 4.94. The van der Waals surface area contributed by atoms with Gasteiger partial charge in [-0.3, -0.25) is 0 Å². The molecule has 2 heterocycles. The summed E-state index contributed by atoms with van der Waals surface area (Å²) in [6.45, 7) is 4.93. The molecule has 2 aliphatic rings. The predicted octanol–water partition coefficient (Wildman–Crippen LogP) is -0.00420. The molecule has 24 heavy (non-hydrogen) atoms. The van der Waals surface area contributed by atoms with Crippen LogP contribution in [0.15, 0.2) is 40.5 Å². The van der Waals surface area contributed by atoms with Crippen LogP contribution in [-0.4, -0.2) is 42.1 Å². The number of thioether (sulfide) groups is 1. The molecule has 130 valence electrons. The fourth-order valence-corrected chi connectivity index (χ4v) is 3.94. The van der Waals surface area contributed by atoms with Gasteiger partial charge in [0.2, 0.25) is 0 Å². The number of nitrogens with zero attached hydrogens (tertiary/aromatic N) is 2. The number of aliphatic imine (C=N–C) groups is 1. The highest BCUT2D eigenvalue weighted by Gasteiger charge is 2.38. The number of amidine groups is 1. The van der Waals surface area contributed by atoms with Crippen LogP contribution in [0.3, 0.4) is 0 Å². The Morgan fingerprint density at radius 2 is 2.08 bits per heavy atom. The van der Waals surface area contributed by atoms with Crippen LogP contribution in [0.4, 0.5) is 0 Å². The normalized spacial score (nSPS) is 19.4. The van der Waals surface area contributed by atoms with Crippen molar-refractivity contribution in [1.82, 2.24) is 4.90 Å². The molecule has 1 unspecified atom stereocenters. The first kappa shape index (κ1) is 18.9. The maximum atomic E-state index is 12.5. The Kier molecular flexibility index (Phi) is 6.34. The molecule has 7 heteroatoms. The van der Waals surface area contributed by atoms with Crippen molar-refractivity contribution in [1.29, 1.82) is 0 Å². The minimum absolute atomic E-state index is 0. The van der Waals surface area contributed by atoms with E-state index >= 15 is 0 Å². The monoisotopic (exact) mass is 411 g/mol. The van der Waals surface area contributed by atoms with Crippen LogP contribution >= 0.6 is 11.8 Å². The van der Waals surface area contributed by atoms with Crippen molar-refractivity contribution in [2.45, 2.75) is 19.9 Å². The fourth-order valence-electron chi connectivity index (χ4n) is 2.91. The van der Waals surface area contributed by atoms with Gasteiger partial charge in [-0.25, -0.2) is 9.79 Å². The molecule has 1 saturated heterocycles. The lowest BCUT2D eigenvalue weighted by atomic mass is 9.94. The topological polar surface area (TPSA) is 51.1 Å². The van der Waals surface area contributed by atoms with E-state index in [4.69, 9.17) is 9.47 Å². The van der Waals surface area contributed by atoms with E-state index in [-0.39, 0.29) is 29.0 Å². The van der Waals surface area contributed by atoms with E-state index in [2.05, 4.69) is 9.89 Å². The number of hydrogen-bond acceptors (Lipinski definition) is 6. The van der Waals surface area contributed by atoms with Gasteiger partial charge in [-0.05, 0) is 31.5 Å². The number of fused-ring (bicyclic) bond motifs is 1. The quantitative estimate of drug-likeness (QED) is 0.652. The Balaban J connectivity index is 0.00000208. The fraction of sp³-hybridized carbons (Fsp3) is 0.412. The SMILES string of the molecule is CCOC(=O)C1=C(C)N=C2SCCN2C1c1ccc(OC)cc1.[Br-]. The number of halogens is 1. The minimum atomic E-state index is -0.287. The van der Waals surface area contributed by atoms with Gasteiger partial charge in [0.1, 0.15) is 5.75 Å². The smallest absolute Gasteiger partial charge is 0.338 e. The Labute approximate surface area is 156 Å². The summed E-state index contributed by atoms with van der Waals surface area (Å²) in [5.41, 5.74) is 2.41. The average molecular weight is 412 g/mol. The maximum absolute atomic E-state index is 12.5. The summed E-state index contributed by atoms with van der Waals surface area (Å²) >= 11 is 1.73. The molecule has 0 aromatic heterocycles. The van der Waals surface area contributed by atoms with Crippen molar-refractivity contribution in [2.75, 3.05) is 26.0 Å². The van der Waals surface area contributed by atoms with Gasteiger partial charge < -0.3 is 31.4 Å². The molecular weight excluding hydrogens is 392 g/mol. The van der Waals surface area contributed by atoms with Crippen molar-refractivity contribution in [2.24, 2.45) is 4.99 Å². The second kappa shape index (κ2) is 8.07. The molecule has 5 nitrogen and oxygen atoms in total. The zero-order valence-electron chi connectivity index (χ0n) is 13.9. The molecule has 3 rings (SSSR count). The van der Waals surface area contributed by atoms with Gasteiger partial charge >= 0.3 is 5.97 Å². The number of methoxy groups -OCH3 is 1. The summed E-state index contributed by atoms with van der Waals surface area (Å²) in [4.78, 5) is 19.3. The minimum Gasteiger partial charge on any atom is -1.00 e. The number of esters is 1. The lowest BCUT2D eigenvalue weighted by molar-refractivity contribution is -0.139. The maximum Gasteiger partial charge on any atom is 0.338 e. The molecular formula is C17H20BrN2O3S-. The lowest BCUT2D eigenvalue weighted by Gasteiger charge is -2.34. The molecule has 2 aliphatic heterocycles. The van der Waals surface area contributed by atoms with Gasteiger partial charge in [-0.2, -0.15) is 0 Å². The zero-order valence-corrected chi connectivity index (χ0v) is 16.3. The highest BCUT2D eigenvalue weighted by atomic mass is 79.9. The van der Waals surface area contributed by atoms with Crippen LogP contribution in [-0.2, 0) is 9.53 Å². The number of allylic oxidation sites excluding steroid dienone is 1. The van der Waals surface area contributed by atoms with Crippen molar-refractivity contribution >= 4 is 22.9 Å². The predicted molar refractivity (Wildman–Crippen MR) is 91.7 cm³/mol. The molecule has 1 fully saturated rings. The molecule has 0 aliphatic carbocycles. The average Bonchev–Trinajstić information content (AvgIpc) is 3.01. The van der Waals surface area contributed by atoms with E-state index in [1.165, 1.54) is 0 Å². The third-order valence-electron chi connectivity index (χ3n) is 3.97. The molecule has 0 amide bonds. The van der Waals surface area contributed by atoms with Crippen molar-refractivity contribution in [3.63, 3.8) is 0 Å². The zero-order chi connectivity index (χ0) is 16.4. The van der Waals surface area contributed by atoms with E-state index in [9.17, 15) is 4.79 Å².